The van der Waals surface area contributed by atoms with E-state index < -0.39 is 0 Å². The number of hydrogen-bond acceptors (Lipinski definition) is 3. The van der Waals surface area contributed by atoms with E-state index in [0.29, 0.717) is 12.0 Å². The molecule has 0 amide bonds. The monoisotopic (exact) mass is 270 g/mol. The lowest BCUT2D eigenvalue weighted by molar-refractivity contribution is 0.0902. The molecule has 1 N–H and O–H groups in total. The highest BCUT2D eigenvalue weighted by Crippen LogP contribution is 2.35. The summed E-state index contributed by atoms with van der Waals surface area (Å²) in [7, 11) is 0. The zero-order chi connectivity index (χ0) is 13.9. The Morgan fingerprint density at radius 1 is 1.35 bits per heavy atom. The normalized spacial score (nSPS) is 22.8. The Labute approximate surface area is 120 Å². The third-order valence-electron chi connectivity index (χ3n) is 3.96. The molecule has 2 heterocycles. The maximum Gasteiger partial charge on any atom is 0.0866 e. The van der Waals surface area contributed by atoms with Crippen LogP contribution in [0.5, 0.6) is 0 Å². The van der Waals surface area contributed by atoms with Crippen molar-refractivity contribution in [2.75, 3.05) is 13.2 Å². The molecule has 0 bridgehead atoms. The number of nitrogens with one attached hydrogen (secondary N) is 1. The largest absolute Gasteiger partial charge is 0.373 e. The highest BCUT2D eigenvalue weighted by molar-refractivity contribution is 5.79. The van der Waals surface area contributed by atoms with E-state index in [1.807, 2.05) is 12.3 Å². The molecule has 3 rings (SSSR count). The van der Waals surface area contributed by atoms with E-state index in [2.05, 4.69) is 48.4 Å². The zero-order valence-electron chi connectivity index (χ0n) is 12.2. The summed E-state index contributed by atoms with van der Waals surface area (Å²) in [4.78, 5) is 4.37. The number of benzene rings is 1. The second kappa shape index (κ2) is 5.90. The summed E-state index contributed by atoms with van der Waals surface area (Å²) in [6.07, 6.45) is 3.18. The van der Waals surface area contributed by atoms with Gasteiger partial charge in [0.1, 0.15) is 0 Å². The van der Waals surface area contributed by atoms with E-state index in [1.54, 1.807) is 0 Å². The Bertz CT molecular complexity index is 582. The minimum Gasteiger partial charge on any atom is -0.373 e. The third kappa shape index (κ3) is 2.84. The van der Waals surface area contributed by atoms with Crippen LogP contribution < -0.4 is 5.32 Å². The second-order valence-corrected chi connectivity index (χ2v) is 5.86. The number of ether oxygens (including phenoxy) is 1. The van der Waals surface area contributed by atoms with Crippen LogP contribution in [-0.2, 0) is 4.74 Å². The average Bonchev–Trinajstić information content (AvgIpc) is 2.93. The van der Waals surface area contributed by atoms with Gasteiger partial charge in [0.2, 0.25) is 0 Å². The quantitative estimate of drug-likeness (QED) is 0.925. The number of rotatable bonds is 4. The van der Waals surface area contributed by atoms with Crippen molar-refractivity contribution >= 4 is 10.9 Å². The van der Waals surface area contributed by atoms with Gasteiger partial charge in [-0.15, -0.1) is 0 Å². The predicted octanol–water partition coefficient (Wildman–Crippen LogP) is 3.31. The van der Waals surface area contributed by atoms with Gasteiger partial charge >= 0.3 is 0 Å². The Morgan fingerprint density at radius 2 is 2.25 bits per heavy atom. The van der Waals surface area contributed by atoms with Crippen molar-refractivity contribution in [2.45, 2.75) is 32.4 Å². The summed E-state index contributed by atoms with van der Waals surface area (Å²) in [5.74, 6) is 0.562. The fraction of sp³-hybridized carbons (Fsp3) is 0.471. The molecule has 2 unspecified atom stereocenters. The molecule has 1 aliphatic rings. The van der Waals surface area contributed by atoms with Crippen molar-refractivity contribution in [2.24, 2.45) is 5.92 Å². The van der Waals surface area contributed by atoms with Crippen LogP contribution in [0.2, 0.25) is 0 Å². The van der Waals surface area contributed by atoms with Crippen LogP contribution in [0.1, 0.15) is 31.9 Å². The van der Waals surface area contributed by atoms with E-state index >= 15 is 0 Å². The molecule has 1 aromatic carbocycles. The fourth-order valence-corrected chi connectivity index (χ4v) is 2.87. The molecule has 2 atom stereocenters. The highest BCUT2D eigenvalue weighted by Gasteiger charge is 2.29. The standard InChI is InChI=1S/C17H22N2O/c1-12(2)19-11-15-7-9-20-17(15)14-5-6-16-13(10-14)4-3-8-18-16/h3-6,8,10,12,15,17,19H,7,9,11H2,1-2H3. The molecule has 0 spiro atoms. The van der Waals surface area contributed by atoms with Crippen LogP contribution in [-0.4, -0.2) is 24.2 Å². The van der Waals surface area contributed by atoms with Crippen molar-refractivity contribution in [3.05, 3.63) is 42.1 Å². The van der Waals surface area contributed by atoms with Crippen LogP contribution in [0.25, 0.3) is 10.9 Å². The van der Waals surface area contributed by atoms with Crippen molar-refractivity contribution in [1.29, 1.82) is 0 Å². The molecule has 0 aliphatic carbocycles. The first-order valence-electron chi connectivity index (χ1n) is 7.43. The van der Waals surface area contributed by atoms with Gasteiger partial charge in [-0.1, -0.05) is 26.0 Å². The van der Waals surface area contributed by atoms with Crippen molar-refractivity contribution in [3.63, 3.8) is 0 Å². The summed E-state index contributed by atoms with van der Waals surface area (Å²) in [6, 6.07) is 11.1. The summed E-state index contributed by atoms with van der Waals surface area (Å²) >= 11 is 0. The number of nitrogens with zero attached hydrogens (tertiary/aromatic N) is 1. The average molecular weight is 270 g/mol. The van der Waals surface area contributed by atoms with Crippen molar-refractivity contribution in [1.82, 2.24) is 10.3 Å². The summed E-state index contributed by atoms with van der Waals surface area (Å²) in [5.41, 5.74) is 2.32. The van der Waals surface area contributed by atoms with E-state index in [1.165, 1.54) is 10.9 Å². The number of aromatic nitrogens is 1. The fourth-order valence-electron chi connectivity index (χ4n) is 2.87. The van der Waals surface area contributed by atoms with Gasteiger partial charge in [0, 0.05) is 36.7 Å². The molecule has 2 aromatic rings. The lowest BCUT2D eigenvalue weighted by Crippen LogP contribution is -2.30. The molecule has 3 nitrogen and oxygen atoms in total. The van der Waals surface area contributed by atoms with Crippen LogP contribution in [0.15, 0.2) is 36.5 Å². The lowest BCUT2D eigenvalue weighted by atomic mass is 9.94. The summed E-state index contributed by atoms with van der Waals surface area (Å²) in [5, 5.41) is 4.72. The number of fused-ring (bicyclic) bond motifs is 1. The zero-order valence-corrected chi connectivity index (χ0v) is 12.2. The van der Waals surface area contributed by atoms with Gasteiger partial charge in [-0.3, -0.25) is 4.98 Å². The molecule has 1 fully saturated rings. The molecular formula is C17H22N2O. The van der Waals surface area contributed by atoms with E-state index in [9.17, 15) is 0 Å². The topological polar surface area (TPSA) is 34.1 Å². The molecule has 106 valence electrons. The lowest BCUT2D eigenvalue weighted by Gasteiger charge is -2.21. The Kier molecular flexibility index (Phi) is 3.99. The first-order chi connectivity index (χ1) is 9.74. The van der Waals surface area contributed by atoms with Gasteiger partial charge in [-0.25, -0.2) is 0 Å². The molecule has 20 heavy (non-hydrogen) atoms. The van der Waals surface area contributed by atoms with Gasteiger partial charge in [0.25, 0.3) is 0 Å². The van der Waals surface area contributed by atoms with Gasteiger partial charge in [0.15, 0.2) is 0 Å². The van der Waals surface area contributed by atoms with Crippen LogP contribution in [0.3, 0.4) is 0 Å². The predicted molar refractivity (Wildman–Crippen MR) is 81.7 cm³/mol. The Hall–Kier alpha value is -1.45. The Morgan fingerprint density at radius 3 is 3.10 bits per heavy atom. The first kappa shape index (κ1) is 13.5. The maximum atomic E-state index is 5.97. The molecule has 0 radical (unpaired) electrons. The highest BCUT2D eigenvalue weighted by atomic mass is 16.5. The SMILES string of the molecule is CC(C)NCC1CCOC1c1ccc2ncccc2c1. The maximum absolute atomic E-state index is 5.97. The Balaban J connectivity index is 1.81. The van der Waals surface area contributed by atoms with Gasteiger partial charge in [-0.2, -0.15) is 0 Å². The van der Waals surface area contributed by atoms with E-state index in [4.69, 9.17) is 4.74 Å². The molecule has 3 heteroatoms. The molecule has 1 aliphatic heterocycles. The minimum atomic E-state index is 0.214. The summed E-state index contributed by atoms with van der Waals surface area (Å²) in [6.45, 7) is 6.26. The first-order valence-corrected chi connectivity index (χ1v) is 7.43. The molecule has 0 saturated carbocycles. The molecular weight excluding hydrogens is 248 g/mol. The van der Waals surface area contributed by atoms with Crippen molar-refractivity contribution in [3.8, 4) is 0 Å². The van der Waals surface area contributed by atoms with Crippen molar-refractivity contribution < 1.29 is 4.74 Å². The van der Waals surface area contributed by atoms with Crippen LogP contribution in [0.4, 0.5) is 0 Å². The molecule has 1 saturated heterocycles. The van der Waals surface area contributed by atoms with Gasteiger partial charge in [-0.05, 0) is 30.2 Å². The molecule has 1 aromatic heterocycles. The second-order valence-electron chi connectivity index (χ2n) is 5.86. The van der Waals surface area contributed by atoms with Crippen LogP contribution in [0, 0.1) is 5.92 Å². The number of hydrogen-bond donors (Lipinski definition) is 1. The van der Waals surface area contributed by atoms with E-state index in [-0.39, 0.29) is 6.10 Å². The van der Waals surface area contributed by atoms with Gasteiger partial charge in [0.05, 0.1) is 11.6 Å². The minimum absolute atomic E-state index is 0.214. The smallest absolute Gasteiger partial charge is 0.0866 e. The van der Waals surface area contributed by atoms with Crippen LogP contribution >= 0.6 is 0 Å². The number of pyridine rings is 1. The van der Waals surface area contributed by atoms with E-state index in [0.717, 1.165) is 25.1 Å². The third-order valence-corrected chi connectivity index (χ3v) is 3.96. The summed E-state index contributed by atoms with van der Waals surface area (Å²) < 4.78 is 5.97. The van der Waals surface area contributed by atoms with Gasteiger partial charge < -0.3 is 10.1 Å².